The summed E-state index contributed by atoms with van der Waals surface area (Å²) in [4.78, 5) is 11.6. The normalized spacial score (nSPS) is 28.6. The minimum Gasteiger partial charge on any atom is -0.377 e. The van der Waals surface area contributed by atoms with Crippen molar-refractivity contribution in [1.82, 2.24) is 10.6 Å². The summed E-state index contributed by atoms with van der Waals surface area (Å²) < 4.78 is 5.52. The van der Waals surface area contributed by atoms with Gasteiger partial charge in [-0.25, -0.2) is 0 Å². The summed E-state index contributed by atoms with van der Waals surface area (Å²) in [6, 6.07) is 0. The van der Waals surface area contributed by atoms with Crippen LogP contribution in [0, 0.1) is 5.92 Å². The van der Waals surface area contributed by atoms with Gasteiger partial charge >= 0.3 is 0 Å². The maximum Gasteiger partial charge on any atom is 0.233 e. The second-order valence-electron chi connectivity index (χ2n) is 5.57. The van der Waals surface area contributed by atoms with Crippen LogP contribution in [0.2, 0.25) is 0 Å². The van der Waals surface area contributed by atoms with Crippen LogP contribution in [0.3, 0.4) is 0 Å². The van der Waals surface area contributed by atoms with E-state index in [0.29, 0.717) is 12.5 Å². The van der Waals surface area contributed by atoms with E-state index in [0.717, 1.165) is 26.0 Å². The van der Waals surface area contributed by atoms with Crippen molar-refractivity contribution in [3.05, 3.63) is 0 Å². The number of hydrogen-bond donors (Lipinski definition) is 2. The minimum atomic E-state index is -0.0601. The van der Waals surface area contributed by atoms with Crippen molar-refractivity contribution in [2.45, 2.75) is 52.2 Å². The summed E-state index contributed by atoms with van der Waals surface area (Å²) in [6.07, 6.45) is 2.17. The fraction of sp³-hybridized carbons (Fsp3) is 0.923. The highest BCUT2D eigenvalue weighted by Crippen LogP contribution is 2.24. The molecule has 1 aliphatic rings. The van der Waals surface area contributed by atoms with E-state index in [2.05, 4.69) is 38.3 Å². The molecule has 0 bridgehead atoms. The number of carbonyl (C=O) groups is 1. The van der Waals surface area contributed by atoms with Crippen LogP contribution in [-0.4, -0.2) is 37.2 Å². The Hall–Kier alpha value is -0.610. The van der Waals surface area contributed by atoms with Gasteiger partial charge in [-0.1, -0.05) is 13.8 Å². The van der Waals surface area contributed by atoms with Gasteiger partial charge in [-0.3, -0.25) is 4.79 Å². The second-order valence-corrected chi connectivity index (χ2v) is 5.57. The molecule has 1 heterocycles. The summed E-state index contributed by atoms with van der Waals surface area (Å²) in [5, 5.41) is 6.24. The zero-order valence-corrected chi connectivity index (χ0v) is 11.5. The molecule has 2 unspecified atom stereocenters. The van der Waals surface area contributed by atoms with Gasteiger partial charge in [0.25, 0.3) is 0 Å². The largest absolute Gasteiger partial charge is 0.377 e. The third-order valence-electron chi connectivity index (χ3n) is 3.58. The SMILES string of the molecule is CC(C)CCNC(=O)CNC1(C)CCOC1C. The molecule has 0 radical (unpaired) electrons. The number of ether oxygens (including phenoxy) is 1. The highest BCUT2D eigenvalue weighted by Gasteiger charge is 2.36. The van der Waals surface area contributed by atoms with Gasteiger partial charge in [0.15, 0.2) is 0 Å². The molecule has 4 nitrogen and oxygen atoms in total. The molecule has 0 saturated carbocycles. The van der Waals surface area contributed by atoms with Crippen LogP contribution >= 0.6 is 0 Å². The number of hydrogen-bond acceptors (Lipinski definition) is 3. The average molecular weight is 242 g/mol. The Morgan fingerprint density at radius 3 is 2.76 bits per heavy atom. The summed E-state index contributed by atoms with van der Waals surface area (Å²) in [6.45, 7) is 10.4. The lowest BCUT2D eigenvalue weighted by molar-refractivity contribution is -0.120. The van der Waals surface area contributed by atoms with E-state index >= 15 is 0 Å². The van der Waals surface area contributed by atoms with Crippen molar-refractivity contribution in [1.29, 1.82) is 0 Å². The smallest absolute Gasteiger partial charge is 0.233 e. The number of carbonyl (C=O) groups excluding carboxylic acids is 1. The molecule has 2 atom stereocenters. The van der Waals surface area contributed by atoms with Gasteiger partial charge in [0.05, 0.1) is 12.6 Å². The molecule has 1 aliphatic heterocycles. The van der Waals surface area contributed by atoms with E-state index in [1.807, 2.05) is 0 Å². The first-order valence-corrected chi connectivity index (χ1v) is 6.57. The number of nitrogens with one attached hydrogen (secondary N) is 2. The Labute approximate surface area is 104 Å². The lowest BCUT2D eigenvalue weighted by Crippen LogP contribution is -2.51. The summed E-state index contributed by atoms with van der Waals surface area (Å²) >= 11 is 0. The maximum absolute atomic E-state index is 11.6. The molecule has 17 heavy (non-hydrogen) atoms. The first-order valence-electron chi connectivity index (χ1n) is 6.57. The van der Waals surface area contributed by atoms with Crippen molar-refractivity contribution in [3.63, 3.8) is 0 Å². The molecule has 0 aliphatic carbocycles. The van der Waals surface area contributed by atoms with Crippen LogP contribution in [-0.2, 0) is 9.53 Å². The van der Waals surface area contributed by atoms with Crippen molar-refractivity contribution >= 4 is 5.91 Å². The monoisotopic (exact) mass is 242 g/mol. The van der Waals surface area contributed by atoms with Gasteiger partial charge in [-0.15, -0.1) is 0 Å². The van der Waals surface area contributed by atoms with E-state index in [9.17, 15) is 4.79 Å². The highest BCUT2D eigenvalue weighted by molar-refractivity contribution is 5.78. The molecule has 0 spiro atoms. The lowest BCUT2D eigenvalue weighted by atomic mass is 9.95. The predicted molar refractivity (Wildman–Crippen MR) is 68.9 cm³/mol. The van der Waals surface area contributed by atoms with Crippen molar-refractivity contribution < 1.29 is 9.53 Å². The van der Waals surface area contributed by atoms with E-state index in [4.69, 9.17) is 4.74 Å². The lowest BCUT2D eigenvalue weighted by Gasteiger charge is -2.28. The Kier molecular flexibility index (Phi) is 5.40. The molecule has 1 rings (SSSR count). The Morgan fingerprint density at radius 2 is 2.24 bits per heavy atom. The molecule has 2 N–H and O–H groups in total. The first kappa shape index (κ1) is 14.5. The highest BCUT2D eigenvalue weighted by atomic mass is 16.5. The van der Waals surface area contributed by atoms with Crippen LogP contribution in [0.1, 0.15) is 40.5 Å². The molecule has 0 aromatic carbocycles. The van der Waals surface area contributed by atoms with Gasteiger partial charge in [0, 0.05) is 18.7 Å². The molecular weight excluding hydrogens is 216 g/mol. The Bertz CT molecular complexity index is 256. The molecule has 4 heteroatoms. The van der Waals surface area contributed by atoms with Crippen LogP contribution in [0.25, 0.3) is 0 Å². The number of rotatable bonds is 6. The third-order valence-corrected chi connectivity index (χ3v) is 3.58. The van der Waals surface area contributed by atoms with Gasteiger partial charge in [-0.2, -0.15) is 0 Å². The summed E-state index contributed by atoms with van der Waals surface area (Å²) in [7, 11) is 0. The van der Waals surface area contributed by atoms with Crippen molar-refractivity contribution in [2.75, 3.05) is 19.7 Å². The van der Waals surface area contributed by atoms with E-state index in [1.165, 1.54) is 0 Å². The fourth-order valence-electron chi connectivity index (χ4n) is 1.91. The molecule has 100 valence electrons. The number of amides is 1. The zero-order valence-electron chi connectivity index (χ0n) is 11.5. The van der Waals surface area contributed by atoms with Crippen LogP contribution in [0.15, 0.2) is 0 Å². The summed E-state index contributed by atoms with van der Waals surface area (Å²) in [5.41, 5.74) is -0.0601. The molecule has 1 saturated heterocycles. The quantitative estimate of drug-likeness (QED) is 0.738. The zero-order chi connectivity index (χ0) is 12.9. The standard InChI is InChI=1S/C13H26N2O2/c1-10(2)5-7-14-12(16)9-15-13(4)6-8-17-11(13)3/h10-11,15H,5-9H2,1-4H3,(H,14,16). The summed E-state index contributed by atoms with van der Waals surface area (Å²) in [5.74, 6) is 0.704. The Balaban J connectivity index is 2.19. The Morgan fingerprint density at radius 1 is 1.53 bits per heavy atom. The molecule has 1 amide bonds. The van der Waals surface area contributed by atoms with Crippen LogP contribution in [0.4, 0.5) is 0 Å². The fourth-order valence-corrected chi connectivity index (χ4v) is 1.91. The molecule has 0 aromatic heterocycles. The first-order chi connectivity index (χ1) is 7.94. The van der Waals surface area contributed by atoms with Gasteiger partial charge in [0.1, 0.15) is 0 Å². The van der Waals surface area contributed by atoms with E-state index in [1.54, 1.807) is 0 Å². The van der Waals surface area contributed by atoms with Gasteiger partial charge in [0.2, 0.25) is 5.91 Å². The second kappa shape index (κ2) is 6.36. The molecule has 1 fully saturated rings. The van der Waals surface area contributed by atoms with Crippen LogP contribution < -0.4 is 10.6 Å². The topological polar surface area (TPSA) is 50.4 Å². The van der Waals surface area contributed by atoms with Crippen LogP contribution in [0.5, 0.6) is 0 Å². The van der Waals surface area contributed by atoms with E-state index in [-0.39, 0.29) is 17.6 Å². The van der Waals surface area contributed by atoms with E-state index < -0.39 is 0 Å². The van der Waals surface area contributed by atoms with Gasteiger partial charge < -0.3 is 15.4 Å². The maximum atomic E-state index is 11.6. The predicted octanol–water partition coefficient (Wildman–Crippen LogP) is 1.31. The minimum absolute atomic E-state index is 0.0601. The third kappa shape index (κ3) is 4.64. The van der Waals surface area contributed by atoms with Crippen molar-refractivity contribution in [2.24, 2.45) is 5.92 Å². The molecular formula is C13H26N2O2. The van der Waals surface area contributed by atoms with Gasteiger partial charge in [-0.05, 0) is 32.6 Å². The van der Waals surface area contributed by atoms with Crippen molar-refractivity contribution in [3.8, 4) is 0 Å². The molecule has 0 aromatic rings. The average Bonchev–Trinajstić information content (AvgIpc) is 2.57.